The number of carbonyl (C=O) groups is 1. The first-order valence-electron chi connectivity index (χ1n) is 8.97. The molecule has 1 amide bonds. The van der Waals surface area contributed by atoms with Gasteiger partial charge in [0.15, 0.2) is 0 Å². The number of fused-ring (bicyclic) bond motifs is 1. The zero-order chi connectivity index (χ0) is 20.6. The summed E-state index contributed by atoms with van der Waals surface area (Å²) < 4.78 is 28.5. The highest BCUT2D eigenvalue weighted by molar-refractivity contribution is 7.94. The van der Waals surface area contributed by atoms with Gasteiger partial charge < -0.3 is 5.32 Å². The largest absolute Gasteiger partial charge is 0.346 e. The number of benzene rings is 1. The van der Waals surface area contributed by atoms with Crippen LogP contribution in [-0.2, 0) is 14.8 Å². The summed E-state index contributed by atoms with van der Waals surface area (Å²) in [5.41, 5.74) is 2.17. The van der Waals surface area contributed by atoms with Crippen LogP contribution in [0.3, 0.4) is 0 Å². The van der Waals surface area contributed by atoms with Crippen molar-refractivity contribution in [1.29, 1.82) is 0 Å². The van der Waals surface area contributed by atoms with E-state index in [2.05, 4.69) is 16.9 Å². The van der Waals surface area contributed by atoms with Crippen molar-refractivity contribution in [2.45, 2.75) is 23.6 Å². The van der Waals surface area contributed by atoms with E-state index in [9.17, 15) is 13.2 Å². The minimum Gasteiger partial charge on any atom is -0.346 e. The van der Waals surface area contributed by atoms with E-state index in [0.717, 1.165) is 21.1 Å². The second-order valence-electron chi connectivity index (χ2n) is 6.56. The number of sulfonamides is 1. The van der Waals surface area contributed by atoms with Gasteiger partial charge in [-0.25, -0.2) is 13.4 Å². The summed E-state index contributed by atoms with van der Waals surface area (Å²) in [6, 6.07) is 10.5. The van der Waals surface area contributed by atoms with Gasteiger partial charge in [0.1, 0.15) is 4.21 Å². The summed E-state index contributed by atoms with van der Waals surface area (Å²) in [6.45, 7) is 5.69. The summed E-state index contributed by atoms with van der Waals surface area (Å²) in [7, 11) is -3.72. The molecule has 0 saturated carbocycles. The molecule has 0 bridgehead atoms. The van der Waals surface area contributed by atoms with Crippen LogP contribution in [0.1, 0.15) is 23.0 Å². The Bertz CT molecular complexity index is 1180. The predicted molar refractivity (Wildman–Crippen MR) is 117 cm³/mol. The van der Waals surface area contributed by atoms with Crippen molar-refractivity contribution in [3.63, 3.8) is 0 Å². The zero-order valence-corrected chi connectivity index (χ0v) is 18.1. The molecule has 4 rings (SSSR count). The summed E-state index contributed by atoms with van der Waals surface area (Å²) in [5, 5.41) is 5.75. The molecular formula is C20H19N3O3S3. The second kappa shape index (κ2) is 7.74. The molecule has 0 fully saturated rings. The van der Waals surface area contributed by atoms with Crippen LogP contribution in [0.2, 0.25) is 0 Å². The molecule has 3 aromatic rings. The molecule has 9 heteroatoms. The number of amides is 1. The second-order valence-corrected chi connectivity index (χ2v) is 10.8. The van der Waals surface area contributed by atoms with Gasteiger partial charge in [0.05, 0.1) is 27.3 Å². The van der Waals surface area contributed by atoms with Crippen molar-refractivity contribution in [3.05, 3.63) is 65.0 Å². The smallest absolute Gasteiger partial charge is 0.273 e. The van der Waals surface area contributed by atoms with E-state index in [-0.39, 0.29) is 22.7 Å². The van der Waals surface area contributed by atoms with Gasteiger partial charge in [0.2, 0.25) is 5.91 Å². The Morgan fingerprint density at radius 2 is 2.10 bits per heavy atom. The van der Waals surface area contributed by atoms with E-state index in [1.165, 1.54) is 33.1 Å². The van der Waals surface area contributed by atoms with Crippen molar-refractivity contribution < 1.29 is 13.2 Å². The SMILES string of the molecule is C=CC(=O)NC1CCN(S(=O)(=O)c2ccc(-c3csc(C)n3)s2)c2ccccc21. The average Bonchev–Trinajstić information content (AvgIpc) is 3.37. The average molecular weight is 446 g/mol. The number of aromatic nitrogens is 1. The van der Waals surface area contributed by atoms with Crippen LogP contribution in [0.5, 0.6) is 0 Å². The molecule has 0 radical (unpaired) electrons. The van der Waals surface area contributed by atoms with E-state index in [1.807, 2.05) is 24.4 Å². The van der Waals surface area contributed by atoms with Crippen LogP contribution in [0.15, 0.2) is 58.6 Å². The number of carbonyl (C=O) groups excluding carboxylic acids is 1. The number of anilines is 1. The summed E-state index contributed by atoms with van der Waals surface area (Å²) in [4.78, 5) is 17.0. The standard InChI is InChI=1S/C20H19N3O3S3/c1-3-19(24)22-15-10-11-23(17-7-5-4-6-14(15)17)29(25,26)20-9-8-18(28-20)16-12-27-13(2)21-16/h3-9,12,15H,1,10-11H2,2H3,(H,22,24). The Morgan fingerprint density at radius 1 is 1.31 bits per heavy atom. The number of para-hydroxylation sites is 1. The van der Waals surface area contributed by atoms with Crippen LogP contribution in [-0.4, -0.2) is 25.9 Å². The lowest BCUT2D eigenvalue weighted by atomic mass is 9.98. The Labute approximate surface area is 177 Å². The Hall–Kier alpha value is -2.49. The molecule has 1 N–H and O–H groups in total. The van der Waals surface area contributed by atoms with Crippen LogP contribution in [0.4, 0.5) is 5.69 Å². The van der Waals surface area contributed by atoms with E-state index in [4.69, 9.17) is 0 Å². The minimum absolute atomic E-state index is 0.250. The van der Waals surface area contributed by atoms with Crippen LogP contribution in [0.25, 0.3) is 10.6 Å². The molecule has 0 aliphatic carbocycles. The molecule has 150 valence electrons. The Balaban J connectivity index is 1.68. The maximum atomic E-state index is 13.4. The lowest BCUT2D eigenvalue weighted by Crippen LogP contribution is -2.40. The first-order chi connectivity index (χ1) is 13.9. The predicted octanol–water partition coefficient (Wildman–Crippen LogP) is 4.12. The maximum Gasteiger partial charge on any atom is 0.273 e. The van der Waals surface area contributed by atoms with Crippen LogP contribution in [0, 0.1) is 6.92 Å². The Kier molecular flexibility index (Phi) is 5.28. The number of hydrogen-bond donors (Lipinski definition) is 1. The summed E-state index contributed by atoms with van der Waals surface area (Å²) in [6.07, 6.45) is 1.71. The number of rotatable bonds is 5. The fourth-order valence-corrected chi connectivity index (χ4v) is 6.92. The third kappa shape index (κ3) is 3.73. The lowest BCUT2D eigenvalue weighted by molar-refractivity contribution is -0.117. The highest BCUT2D eigenvalue weighted by atomic mass is 32.2. The highest BCUT2D eigenvalue weighted by Gasteiger charge is 2.34. The van der Waals surface area contributed by atoms with Crippen molar-refractivity contribution in [2.75, 3.05) is 10.8 Å². The van der Waals surface area contributed by atoms with Crippen molar-refractivity contribution in [1.82, 2.24) is 10.3 Å². The number of nitrogens with one attached hydrogen (secondary N) is 1. The molecular weight excluding hydrogens is 426 g/mol. The summed E-state index contributed by atoms with van der Waals surface area (Å²) in [5.74, 6) is -0.275. The zero-order valence-electron chi connectivity index (χ0n) is 15.7. The fraction of sp³-hybridized carbons (Fsp3) is 0.200. The van der Waals surface area contributed by atoms with E-state index in [0.29, 0.717) is 12.1 Å². The van der Waals surface area contributed by atoms with Crippen LogP contribution < -0.4 is 9.62 Å². The molecule has 1 aliphatic rings. The normalized spacial score (nSPS) is 16.3. The molecule has 1 atom stereocenters. The van der Waals surface area contributed by atoms with Gasteiger partial charge in [-0.3, -0.25) is 9.10 Å². The van der Waals surface area contributed by atoms with Gasteiger partial charge in [-0.1, -0.05) is 24.8 Å². The van der Waals surface area contributed by atoms with Crippen molar-refractivity contribution in [3.8, 4) is 10.6 Å². The number of aryl methyl sites for hydroxylation is 1. The molecule has 6 nitrogen and oxygen atoms in total. The van der Waals surface area contributed by atoms with E-state index in [1.54, 1.807) is 24.3 Å². The number of nitrogens with zero attached hydrogens (tertiary/aromatic N) is 2. The molecule has 1 aromatic carbocycles. The number of hydrogen-bond acceptors (Lipinski definition) is 6. The number of thiophene rings is 1. The van der Waals surface area contributed by atoms with Gasteiger partial charge in [-0.05, 0) is 43.2 Å². The highest BCUT2D eigenvalue weighted by Crippen LogP contribution is 2.39. The maximum absolute atomic E-state index is 13.4. The fourth-order valence-electron chi connectivity index (χ4n) is 3.34. The molecule has 0 saturated heterocycles. The number of thiazole rings is 1. The summed E-state index contributed by atoms with van der Waals surface area (Å²) >= 11 is 2.76. The lowest BCUT2D eigenvalue weighted by Gasteiger charge is -2.34. The first kappa shape index (κ1) is 19.8. The van der Waals surface area contributed by atoms with Crippen LogP contribution >= 0.6 is 22.7 Å². The van der Waals surface area contributed by atoms with E-state index < -0.39 is 10.0 Å². The Morgan fingerprint density at radius 3 is 2.83 bits per heavy atom. The molecule has 2 aromatic heterocycles. The van der Waals surface area contributed by atoms with E-state index >= 15 is 0 Å². The molecule has 1 unspecified atom stereocenters. The van der Waals surface area contributed by atoms with Gasteiger partial charge in [-0.15, -0.1) is 22.7 Å². The monoisotopic (exact) mass is 445 g/mol. The molecule has 1 aliphatic heterocycles. The minimum atomic E-state index is -3.72. The third-order valence-electron chi connectivity index (χ3n) is 4.70. The van der Waals surface area contributed by atoms with Gasteiger partial charge in [0.25, 0.3) is 10.0 Å². The third-order valence-corrected chi connectivity index (χ3v) is 8.86. The van der Waals surface area contributed by atoms with Gasteiger partial charge in [-0.2, -0.15) is 0 Å². The van der Waals surface area contributed by atoms with Crippen molar-refractivity contribution >= 4 is 44.3 Å². The topological polar surface area (TPSA) is 79.4 Å². The van der Waals surface area contributed by atoms with Gasteiger partial charge >= 0.3 is 0 Å². The van der Waals surface area contributed by atoms with Crippen molar-refractivity contribution in [2.24, 2.45) is 0 Å². The first-order valence-corrected chi connectivity index (χ1v) is 12.1. The molecule has 3 heterocycles. The quantitative estimate of drug-likeness (QED) is 0.599. The molecule has 29 heavy (non-hydrogen) atoms. The molecule has 0 spiro atoms. The van der Waals surface area contributed by atoms with Gasteiger partial charge in [0, 0.05) is 11.9 Å².